The molecule has 2 rings (SSSR count). The largest absolute Gasteiger partial charge is 0.370 e. The van der Waals surface area contributed by atoms with Crippen LogP contribution < -0.4 is 16.0 Å². The zero-order valence-corrected chi connectivity index (χ0v) is 12.9. The SMILES string of the molecule is CCNc1cc(N(Cc2cccs2)C(C)C)nc(N)n1. The van der Waals surface area contributed by atoms with Gasteiger partial charge in [0, 0.05) is 23.5 Å². The Morgan fingerprint density at radius 1 is 1.40 bits per heavy atom. The van der Waals surface area contributed by atoms with Crippen LogP contribution in [0.25, 0.3) is 0 Å². The fraction of sp³-hybridized carbons (Fsp3) is 0.429. The number of nitrogens with one attached hydrogen (secondary N) is 1. The Kier molecular flexibility index (Phi) is 4.79. The molecule has 5 nitrogen and oxygen atoms in total. The lowest BCUT2D eigenvalue weighted by molar-refractivity contribution is 0.676. The summed E-state index contributed by atoms with van der Waals surface area (Å²) in [7, 11) is 0. The second-order valence-electron chi connectivity index (χ2n) is 4.80. The van der Waals surface area contributed by atoms with E-state index in [4.69, 9.17) is 5.73 Å². The number of rotatable bonds is 6. The van der Waals surface area contributed by atoms with Gasteiger partial charge in [0.15, 0.2) is 0 Å². The molecule has 2 aromatic rings. The molecule has 2 heterocycles. The monoisotopic (exact) mass is 291 g/mol. The van der Waals surface area contributed by atoms with Crippen LogP contribution in [0, 0.1) is 0 Å². The normalized spacial score (nSPS) is 10.8. The van der Waals surface area contributed by atoms with Crippen LogP contribution in [0.3, 0.4) is 0 Å². The summed E-state index contributed by atoms with van der Waals surface area (Å²) in [4.78, 5) is 12.1. The molecule has 108 valence electrons. The predicted octanol–water partition coefficient (Wildman–Crippen LogP) is 2.97. The zero-order chi connectivity index (χ0) is 14.5. The van der Waals surface area contributed by atoms with Gasteiger partial charge in [-0.05, 0) is 32.2 Å². The molecule has 0 unspecified atom stereocenters. The number of nitrogens with zero attached hydrogens (tertiary/aromatic N) is 3. The first kappa shape index (κ1) is 14.6. The molecular weight excluding hydrogens is 270 g/mol. The number of nitrogen functional groups attached to an aromatic ring is 1. The molecule has 0 radical (unpaired) electrons. The second kappa shape index (κ2) is 6.56. The first-order valence-electron chi connectivity index (χ1n) is 6.77. The molecule has 0 aliphatic heterocycles. The fourth-order valence-corrected chi connectivity index (χ4v) is 2.67. The van der Waals surface area contributed by atoms with Crippen molar-refractivity contribution in [2.45, 2.75) is 33.4 Å². The third-order valence-electron chi connectivity index (χ3n) is 2.91. The van der Waals surface area contributed by atoms with Gasteiger partial charge >= 0.3 is 0 Å². The van der Waals surface area contributed by atoms with Gasteiger partial charge in [-0.25, -0.2) is 0 Å². The summed E-state index contributed by atoms with van der Waals surface area (Å²) in [5, 5.41) is 5.28. The number of hydrogen-bond acceptors (Lipinski definition) is 6. The van der Waals surface area contributed by atoms with Gasteiger partial charge in [0.2, 0.25) is 5.95 Å². The minimum atomic E-state index is 0.301. The summed E-state index contributed by atoms with van der Waals surface area (Å²) in [5.74, 6) is 1.93. The van der Waals surface area contributed by atoms with E-state index in [2.05, 4.69) is 51.5 Å². The van der Waals surface area contributed by atoms with E-state index >= 15 is 0 Å². The van der Waals surface area contributed by atoms with Crippen molar-refractivity contribution in [1.29, 1.82) is 0 Å². The van der Waals surface area contributed by atoms with E-state index < -0.39 is 0 Å². The van der Waals surface area contributed by atoms with Crippen LogP contribution in [0.4, 0.5) is 17.6 Å². The highest BCUT2D eigenvalue weighted by atomic mass is 32.1. The van der Waals surface area contributed by atoms with Crippen molar-refractivity contribution >= 4 is 28.9 Å². The van der Waals surface area contributed by atoms with Gasteiger partial charge < -0.3 is 16.0 Å². The van der Waals surface area contributed by atoms with E-state index in [1.165, 1.54) is 4.88 Å². The summed E-state index contributed by atoms with van der Waals surface area (Å²) in [6, 6.07) is 6.49. The minimum absolute atomic E-state index is 0.301. The molecule has 2 aromatic heterocycles. The van der Waals surface area contributed by atoms with Crippen molar-refractivity contribution in [3.63, 3.8) is 0 Å². The standard InChI is InChI=1S/C14H21N5S/c1-4-16-12-8-13(18-14(15)17-12)19(10(2)3)9-11-6-5-7-20-11/h5-8,10H,4,9H2,1-3H3,(H3,15,16,17,18). The van der Waals surface area contributed by atoms with Gasteiger partial charge in [-0.1, -0.05) is 6.07 Å². The summed E-state index contributed by atoms with van der Waals surface area (Å²) in [6.45, 7) is 7.97. The summed E-state index contributed by atoms with van der Waals surface area (Å²) in [6.07, 6.45) is 0. The van der Waals surface area contributed by atoms with Gasteiger partial charge in [0.1, 0.15) is 11.6 Å². The Hall–Kier alpha value is -1.82. The third-order valence-corrected chi connectivity index (χ3v) is 3.77. The molecule has 0 aliphatic carbocycles. The Balaban J connectivity index is 2.28. The molecule has 0 saturated carbocycles. The molecule has 0 atom stereocenters. The lowest BCUT2D eigenvalue weighted by atomic mass is 10.3. The van der Waals surface area contributed by atoms with Crippen LogP contribution in [-0.4, -0.2) is 22.6 Å². The van der Waals surface area contributed by atoms with Gasteiger partial charge in [-0.2, -0.15) is 9.97 Å². The first-order chi connectivity index (χ1) is 9.60. The lowest BCUT2D eigenvalue weighted by Gasteiger charge is -2.27. The molecule has 0 bridgehead atoms. The smallest absolute Gasteiger partial charge is 0.223 e. The Labute approximate surface area is 123 Å². The summed E-state index contributed by atoms with van der Waals surface area (Å²) >= 11 is 1.75. The van der Waals surface area contributed by atoms with Gasteiger partial charge in [0.05, 0.1) is 6.54 Å². The molecule has 3 N–H and O–H groups in total. The average Bonchev–Trinajstić information content (AvgIpc) is 2.88. The summed E-state index contributed by atoms with van der Waals surface area (Å²) < 4.78 is 0. The molecule has 0 saturated heterocycles. The Bertz CT molecular complexity index is 539. The van der Waals surface area contributed by atoms with Gasteiger partial charge in [0.25, 0.3) is 0 Å². The average molecular weight is 291 g/mol. The number of nitrogens with two attached hydrogens (primary N) is 1. The lowest BCUT2D eigenvalue weighted by Crippen LogP contribution is -2.31. The van der Waals surface area contributed by atoms with E-state index in [0.717, 1.165) is 24.7 Å². The second-order valence-corrected chi connectivity index (χ2v) is 5.83. The van der Waals surface area contributed by atoms with Crippen LogP contribution in [-0.2, 0) is 6.54 Å². The highest BCUT2D eigenvalue weighted by Crippen LogP contribution is 2.23. The number of anilines is 3. The quantitative estimate of drug-likeness (QED) is 0.856. The molecule has 0 aliphatic rings. The Morgan fingerprint density at radius 3 is 2.80 bits per heavy atom. The topological polar surface area (TPSA) is 67.1 Å². The summed E-state index contributed by atoms with van der Waals surface area (Å²) in [5.41, 5.74) is 5.81. The number of thiophene rings is 1. The zero-order valence-electron chi connectivity index (χ0n) is 12.1. The highest BCUT2D eigenvalue weighted by Gasteiger charge is 2.15. The van der Waals surface area contributed by atoms with Crippen molar-refractivity contribution in [2.75, 3.05) is 22.5 Å². The first-order valence-corrected chi connectivity index (χ1v) is 7.65. The third kappa shape index (κ3) is 3.60. The molecule has 0 aromatic carbocycles. The van der Waals surface area contributed by atoms with E-state index in [1.807, 2.05) is 13.0 Å². The highest BCUT2D eigenvalue weighted by molar-refractivity contribution is 7.09. The van der Waals surface area contributed by atoms with Crippen LogP contribution in [0.2, 0.25) is 0 Å². The van der Waals surface area contributed by atoms with Crippen molar-refractivity contribution in [3.05, 3.63) is 28.5 Å². The maximum Gasteiger partial charge on any atom is 0.223 e. The molecule has 20 heavy (non-hydrogen) atoms. The molecule has 6 heteroatoms. The van der Waals surface area contributed by atoms with E-state index in [9.17, 15) is 0 Å². The fourth-order valence-electron chi connectivity index (χ4n) is 1.97. The van der Waals surface area contributed by atoms with Gasteiger partial charge in [-0.15, -0.1) is 11.3 Å². The van der Waals surface area contributed by atoms with Crippen LogP contribution in [0.15, 0.2) is 23.6 Å². The van der Waals surface area contributed by atoms with E-state index in [0.29, 0.717) is 12.0 Å². The number of aromatic nitrogens is 2. The van der Waals surface area contributed by atoms with Crippen LogP contribution in [0.1, 0.15) is 25.6 Å². The predicted molar refractivity (Wildman–Crippen MR) is 86.2 cm³/mol. The molecular formula is C14H21N5S. The minimum Gasteiger partial charge on any atom is -0.370 e. The maximum atomic E-state index is 5.81. The maximum absolute atomic E-state index is 5.81. The van der Waals surface area contributed by atoms with Crippen molar-refractivity contribution in [2.24, 2.45) is 0 Å². The van der Waals surface area contributed by atoms with Crippen molar-refractivity contribution < 1.29 is 0 Å². The molecule has 0 amide bonds. The van der Waals surface area contributed by atoms with Crippen LogP contribution in [0.5, 0.6) is 0 Å². The Morgan fingerprint density at radius 2 is 2.20 bits per heavy atom. The van der Waals surface area contributed by atoms with Gasteiger partial charge in [-0.3, -0.25) is 0 Å². The van der Waals surface area contributed by atoms with Crippen molar-refractivity contribution in [1.82, 2.24) is 9.97 Å². The molecule has 0 fully saturated rings. The van der Waals surface area contributed by atoms with E-state index in [1.54, 1.807) is 11.3 Å². The molecule has 0 spiro atoms. The van der Waals surface area contributed by atoms with E-state index in [-0.39, 0.29) is 0 Å². The van der Waals surface area contributed by atoms with Crippen LogP contribution >= 0.6 is 11.3 Å². The number of hydrogen-bond donors (Lipinski definition) is 2. The van der Waals surface area contributed by atoms with Crippen molar-refractivity contribution in [3.8, 4) is 0 Å².